The van der Waals surface area contributed by atoms with Crippen LogP contribution < -0.4 is 5.32 Å². The molecule has 1 aromatic carbocycles. The van der Waals surface area contributed by atoms with E-state index in [4.69, 9.17) is 4.74 Å². The maximum Gasteiger partial charge on any atom is 0.333 e. The predicted octanol–water partition coefficient (Wildman–Crippen LogP) is 3.48. The number of carbonyl (C=O) groups excluding carboxylic acids is 1. The Morgan fingerprint density at radius 2 is 2.10 bits per heavy atom. The van der Waals surface area contributed by atoms with Gasteiger partial charge in [-0.25, -0.2) is 4.79 Å². The van der Waals surface area contributed by atoms with Crippen LogP contribution >= 0.6 is 15.9 Å². The molecule has 0 fully saturated rings. The lowest BCUT2D eigenvalue weighted by atomic mass is 10.0. The van der Waals surface area contributed by atoms with Gasteiger partial charge in [0, 0.05) is 28.1 Å². The molecule has 0 aliphatic heterocycles. The average molecular weight is 335 g/mol. The fourth-order valence-corrected chi connectivity index (χ4v) is 2.29. The number of methoxy groups -OCH3 is 1. The molecule has 0 bridgehead atoms. The van der Waals surface area contributed by atoms with Crippen molar-refractivity contribution in [2.75, 3.05) is 12.4 Å². The average Bonchev–Trinajstić information content (AvgIpc) is 2.47. The lowest BCUT2D eigenvalue weighted by molar-refractivity contribution is -0.141. The highest BCUT2D eigenvalue weighted by molar-refractivity contribution is 9.10. The molecule has 1 aromatic heterocycles. The van der Waals surface area contributed by atoms with Crippen LogP contribution in [0.4, 0.5) is 5.69 Å². The third-order valence-electron chi connectivity index (χ3n) is 3.00. The largest absolute Gasteiger partial charge is 0.467 e. The van der Waals surface area contributed by atoms with Gasteiger partial charge < -0.3 is 10.1 Å². The topological polar surface area (TPSA) is 51.2 Å². The van der Waals surface area contributed by atoms with Gasteiger partial charge in [-0.1, -0.05) is 12.1 Å². The number of anilines is 1. The van der Waals surface area contributed by atoms with Crippen LogP contribution in [0, 0.1) is 6.92 Å². The molecule has 0 saturated carbocycles. The molecule has 20 heavy (non-hydrogen) atoms. The Kier molecular flexibility index (Phi) is 4.74. The summed E-state index contributed by atoms with van der Waals surface area (Å²) in [7, 11) is 1.38. The molecule has 0 aliphatic rings. The summed E-state index contributed by atoms with van der Waals surface area (Å²) in [4.78, 5) is 16.1. The highest BCUT2D eigenvalue weighted by Crippen LogP contribution is 2.28. The molecule has 0 radical (unpaired) electrons. The molecular formula is C15H15BrN2O2. The zero-order valence-corrected chi connectivity index (χ0v) is 12.8. The number of hydrogen-bond acceptors (Lipinski definition) is 4. The van der Waals surface area contributed by atoms with Crippen molar-refractivity contribution in [3.8, 4) is 0 Å². The number of nitrogens with one attached hydrogen (secondary N) is 1. The fourth-order valence-electron chi connectivity index (χ4n) is 1.89. The van der Waals surface area contributed by atoms with Crippen molar-refractivity contribution in [3.05, 3.63) is 58.3 Å². The van der Waals surface area contributed by atoms with Crippen LogP contribution in [0.2, 0.25) is 0 Å². The van der Waals surface area contributed by atoms with Crippen LogP contribution in [0.3, 0.4) is 0 Å². The van der Waals surface area contributed by atoms with Crippen molar-refractivity contribution in [1.29, 1.82) is 0 Å². The molecule has 0 spiro atoms. The van der Waals surface area contributed by atoms with E-state index in [0.29, 0.717) is 0 Å². The number of carbonyl (C=O) groups is 1. The third-order valence-corrected chi connectivity index (χ3v) is 3.69. The molecule has 0 aliphatic carbocycles. The highest BCUT2D eigenvalue weighted by Gasteiger charge is 2.23. The van der Waals surface area contributed by atoms with Gasteiger partial charge in [0.1, 0.15) is 0 Å². The SMILES string of the molecule is COC(=O)C(Nc1ccccc1Br)c1cnccc1C. The van der Waals surface area contributed by atoms with Gasteiger partial charge in [0.05, 0.1) is 7.11 Å². The number of aromatic nitrogens is 1. The van der Waals surface area contributed by atoms with Gasteiger partial charge in [-0.3, -0.25) is 4.98 Å². The van der Waals surface area contributed by atoms with Crippen LogP contribution in [0.25, 0.3) is 0 Å². The maximum absolute atomic E-state index is 12.1. The second-order valence-corrected chi connectivity index (χ2v) is 5.17. The number of pyridine rings is 1. The van der Waals surface area contributed by atoms with Crippen LogP contribution in [0.1, 0.15) is 17.2 Å². The smallest absolute Gasteiger partial charge is 0.333 e. The van der Waals surface area contributed by atoms with Crippen molar-refractivity contribution < 1.29 is 9.53 Å². The van der Waals surface area contributed by atoms with E-state index in [2.05, 4.69) is 26.2 Å². The van der Waals surface area contributed by atoms with Gasteiger partial charge in [0.15, 0.2) is 6.04 Å². The summed E-state index contributed by atoms with van der Waals surface area (Å²) in [6.07, 6.45) is 3.38. The number of halogens is 1. The van der Waals surface area contributed by atoms with Gasteiger partial charge in [0.2, 0.25) is 0 Å². The van der Waals surface area contributed by atoms with E-state index in [9.17, 15) is 4.79 Å². The Labute approximate surface area is 126 Å². The van der Waals surface area contributed by atoms with E-state index in [1.54, 1.807) is 12.4 Å². The first-order valence-corrected chi connectivity index (χ1v) is 6.92. The summed E-state index contributed by atoms with van der Waals surface area (Å²) in [6, 6.07) is 8.90. The standard InChI is InChI=1S/C15H15BrN2O2/c1-10-7-8-17-9-11(10)14(15(19)20-2)18-13-6-4-3-5-12(13)16/h3-9,14,18H,1-2H3. The molecular weight excluding hydrogens is 320 g/mol. The molecule has 1 N–H and O–H groups in total. The normalized spacial score (nSPS) is 11.8. The molecule has 1 heterocycles. The number of hydrogen-bond donors (Lipinski definition) is 1. The minimum atomic E-state index is -0.590. The maximum atomic E-state index is 12.1. The number of nitrogens with zero attached hydrogens (tertiary/aromatic N) is 1. The van der Waals surface area contributed by atoms with Gasteiger partial charge in [-0.15, -0.1) is 0 Å². The van der Waals surface area contributed by atoms with E-state index >= 15 is 0 Å². The summed E-state index contributed by atoms with van der Waals surface area (Å²) < 4.78 is 5.77. The van der Waals surface area contributed by atoms with Gasteiger partial charge in [-0.2, -0.15) is 0 Å². The van der Waals surface area contributed by atoms with E-state index < -0.39 is 6.04 Å². The Bertz CT molecular complexity index is 616. The van der Waals surface area contributed by atoms with Crippen molar-refractivity contribution in [1.82, 2.24) is 4.98 Å². The second kappa shape index (κ2) is 6.52. The predicted molar refractivity (Wildman–Crippen MR) is 81.5 cm³/mol. The molecule has 4 nitrogen and oxygen atoms in total. The van der Waals surface area contributed by atoms with Gasteiger partial charge >= 0.3 is 5.97 Å². The van der Waals surface area contributed by atoms with Crippen LogP contribution in [-0.4, -0.2) is 18.1 Å². The van der Waals surface area contributed by atoms with Crippen molar-refractivity contribution >= 4 is 27.6 Å². The van der Waals surface area contributed by atoms with E-state index in [0.717, 1.165) is 21.3 Å². The van der Waals surface area contributed by atoms with Crippen LogP contribution in [-0.2, 0) is 9.53 Å². The second-order valence-electron chi connectivity index (χ2n) is 4.31. The zero-order valence-electron chi connectivity index (χ0n) is 11.3. The highest BCUT2D eigenvalue weighted by atomic mass is 79.9. The Hall–Kier alpha value is -1.88. The fraction of sp³-hybridized carbons (Fsp3) is 0.200. The van der Waals surface area contributed by atoms with Crippen molar-refractivity contribution in [2.45, 2.75) is 13.0 Å². The molecule has 2 aromatic rings. The molecule has 1 unspecified atom stereocenters. The molecule has 1 atom stereocenters. The summed E-state index contributed by atoms with van der Waals surface area (Å²) in [6.45, 7) is 1.94. The Balaban J connectivity index is 2.37. The molecule has 2 rings (SSSR count). The summed E-state index contributed by atoms with van der Waals surface area (Å²) in [5.41, 5.74) is 2.61. The lowest BCUT2D eigenvalue weighted by Crippen LogP contribution is -2.23. The number of rotatable bonds is 4. The Morgan fingerprint density at radius 1 is 1.35 bits per heavy atom. The number of ether oxygens (including phenoxy) is 1. The first-order valence-electron chi connectivity index (χ1n) is 6.13. The van der Waals surface area contributed by atoms with Gasteiger partial charge in [-0.05, 0) is 46.6 Å². The number of para-hydroxylation sites is 1. The summed E-state index contributed by atoms with van der Waals surface area (Å²) in [5.74, 6) is -0.350. The van der Waals surface area contributed by atoms with Crippen LogP contribution in [0.15, 0.2) is 47.2 Å². The molecule has 0 amide bonds. The van der Waals surface area contributed by atoms with Gasteiger partial charge in [0.25, 0.3) is 0 Å². The van der Waals surface area contributed by atoms with E-state index in [-0.39, 0.29) is 5.97 Å². The Morgan fingerprint density at radius 3 is 2.75 bits per heavy atom. The summed E-state index contributed by atoms with van der Waals surface area (Å²) >= 11 is 3.46. The van der Waals surface area contributed by atoms with Crippen LogP contribution in [0.5, 0.6) is 0 Å². The van der Waals surface area contributed by atoms with E-state index in [1.165, 1.54) is 7.11 Å². The molecule has 5 heteroatoms. The number of aryl methyl sites for hydroxylation is 1. The van der Waals surface area contributed by atoms with Crippen molar-refractivity contribution in [2.24, 2.45) is 0 Å². The summed E-state index contributed by atoms with van der Waals surface area (Å²) in [5, 5.41) is 3.19. The molecule has 0 saturated heterocycles. The minimum absolute atomic E-state index is 0.350. The number of esters is 1. The zero-order chi connectivity index (χ0) is 14.5. The minimum Gasteiger partial charge on any atom is -0.467 e. The number of benzene rings is 1. The quantitative estimate of drug-likeness (QED) is 0.869. The third kappa shape index (κ3) is 3.17. The first kappa shape index (κ1) is 14.5. The first-order chi connectivity index (χ1) is 9.63. The van der Waals surface area contributed by atoms with Crippen molar-refractivity contribution in [3.63, 3.8) is 0 Å². The van der Waals surface area contributed by atoms with E-state index in [1.807, 2.05) is 37.3 Å². The lowest BCUT2D eigenvalue weighted by Gasteiger charge is -2.20. The monoisotopic (exact) mass is 334 g/mol. The molecule has 104 valence electrons.